The Bertz CT molecular complexity index is 1010. The lowest BCUT2D eigenvalue weighted by Gasteiger charge is -2.21. The number of para-hydroxylation sites is 1. The number of carbonyl (C=O) groups excluding carboxylic acids is 2. The van der Waals surface area contributed by atoms with Crippen LogP contribution in [0.5, 0.6) is 0 Å². The van der Waals surface area contributed by atoms with Gasteiger partial charge >= 0.3 is 6.09 Å². The fraction of sp³-hybridized carbons (Fsp3) is 0.364. The van der Waals surface area contributed by atoms with Gasteiger partial charge in [-0.3, -0.25) is 4.79 Å². The molecule has 0 saturated heterocycles. The number of nitrogens with zero attached hydrogens (tertiary/aromatic N) is 3. The molecule has 31 heavy (non-hydrogen) atoms. The Balaban J connectivity index is 1.90. The van der Waals surface area contributed by atoms with Crippen LogP contribution in [-0.4, -0.2) is 37.6 Å². The second kappa shape index (κ2) is 10.1. The van der Waals surface area contributed by atoms with Gasteiger partial charge in [-0.15, -0.1) is 21.5 Å². The van der Waals surface area contributed by atoms with E-state index in [1.165, 1.54) is 27.7 Å². The third-order valence-electron chi connectivity index (χ3n) is 4.08. The summed E-state index contributed by atoms with van der Waals surface area (Å²) in [5.74, 6) is 0.264. The summed E-state index contributed by atoms with van der Waals surface area (Å²) < 4.78 is 6.96. The van der Waals surface area contributed by atoms with Crippen LogP contribution in [-0.2, 0) is 9.53 Å². The molecule has 0 aliphatic carbocycles. The summed E-state index contributed by atoms with van der Waals surface area (Å²) in [6.45, 7) is 7.43. The molecule has 1 N–H and O–H groups in total. The van der Waals surface area contributed by atoms with Crippen LogP contribution >= 0.6 is 23.1 Å². The quantitative estimate of drug-likeness (QED) is 0.458. The molecule has 1 unspecified atom stereocenters. The molecule has 0 saturated carbocycles. The van der Waals surface area contributed by atoms with Gasteiger partial charge in [0.25, 0.3) is 0 Å². The van der Waals surface area contributed by atoms with Crippen molar-refractivity contribution in [1.29, 1.82) is 0 Å². The van der Waals surface area contributed by atoms with Crippen molar-refractivity contribution in [3.8, 4) is 10.7 Å². The minimum atomic E-state index is -0.677. The van der Waals surface area contributed by atoms with Crippen molar-refractivity contribution in [2.24, 2.45) is 0 Å². The number of anilines is 1. The Hall–Kier alpha value is -2.65. The number of thiophene rings is 1. The first-order chi connectivity index (χ1) is 14.8. The highest BCUT2D eigenvalue weighted by Gasteiger charge is 2.29. The summed E-state index contributed by atoms with van der Waals surface area (Å²) in [5.41, 5.74) is 0.0471. The fourth-order valence-electron chi connectivity index (χ4n) is 2.76. The maximum Gasteiger partial charge on any atom is 0.422 e. The normalized spacial score (nSPS) is 12.4. The molecule has 0 spiro atoms. The van der Waals surface area contributed by atoms with Crippen LogP contribution in [0.1, 0.15) is 40.5 Å². The molecule has 0 aliphatic rings. The summed E-state index contributed by atoms with van der Waals surface area (Å²) in [5, 5.41) is 13.2. The SMILES string of the molecule is CCCC(Sc1nnc(-c2cccs2)n1C(=O)OC(C)(C)C)C(=O)Nc1ccccc1. The molecule has 7 nitrogen and oxygen atoms in total. The molecule has 0 fully saturated rings. The van der Waals surface area contributed by atoms with Crippen molar-refractivity contribution in [3.05, 3.63) is 47.8 Å². The van der Waals surface area contributed by atoms with E-state index in [0.717, 1.165) is 17.0 Å². The van der Waals surface area contributed by atoms with Crippen molar-refractivity contribution in [1.82, 2.24) is 14.8 Å². The number of rotatable bonds is 7. The van der Waals surface area contributed by atoms with Gasteiger partial charge in [-0.05, 0) is 50.8 Å². The molecule has 0 aliphatic heterocycles. The molecular formula is C22H26N4O3S2. The van der Waals surface area contributed by atoms with E-state index >= 15 is 0 Å². The number of amides is 1. The molecule has 2 aromatic heterocycles. The maximum absolute atomic E-state index is 13.0. The van der Waals surface area contributed by atoms with Crippen LogP contribution in [0.2, 0.25) is 0 Å². The van der Waals surface area contributed by atoms with Crippen LogP contribution in [0.15, 0.2) is 53.0 Å². The van der Waals surface area contributed by atoms with Gasteiger partial charge in [-0.2, -0.15) is 0 Å². The van der Waals surface area contributed by atoms with Crippen molar-refractivity contribution in [3.63, 3.8) is 0 Å². The minimum Gasteiger partial charge on any atom is -0.443 e. The lowest BCUT2D eigenvalue weighted by Crippen LogP contribution is -2.29. The number of nitrogens with one attached hydrogen (secondary N) is 1. The van der Waals surface area contributed by atoms with Gasteiger partial charge in [0.05, 0.1) is 10.1 Å². The number of thioether (sulfide) groups is 1. The highest BCUT2D eigenvalue weighted by molar-refractivity contribution is 8.00. The molecule has 0 radical (unpaired) electrons. The number of hydrogen-bond acceptors (Lipinski definition) is 7. The Morgan fingerprint density at radius 2 is 1.90 bits per heavy atom. The van der Waals surface area contributed by atoms with Crippen molar-refractivity contribution in [2.45, 2.75) is 56.5 Å². The van der Waals surface area contributed by atoms with Gasteiger partial charge in [0, 0.05) is 5.69 Å². The van der Waals surface area contributed by atoms with Crippen molar-refractivity contribution >= 4 is 40.8 Å². The van der Waals surface area contributed by atoms with Gasteiger partial charge in [0.15, 0.2) is 5.82 Å². The van der Waals surface area contributed by atoms with E-state index in [0.29, 0.717) is 17.4 Å². The zero-order valence-electron chi connectivity index (χ0n) is 18.0. The topological polar surface area (TPSA) is 86.1 Å². The summed E-state index contributed by atoms with van der Waals surface area (Å²) in [7, 11) is 0. The van der Waals surface area contributed by atoms with Gasteiger partial charge in [0.1, 0.15) is 5.60 Å². The van der Waals surface area contributed by atoms with Crippen molar-refractivity contribution < 1.29 is 14.3 Å². The van der Waals surface area contributed by atoms with Gasteiger partial charge in [-0.25, -0.2) is 9.36 Å². The average molecular weight is 459 g/mol. The lowest BCUT2D eigenvalue weighted by atomic mass is 10.2. The number of benzene rings is 1. The first-order valence-corrected chi connectivity index (χ1v) is 11.8. The number of hydrogen-bond donors (Lipinski definition) is 1. The molecule has 164 valence electrons. The van der Waals surface area contributed by atoms with E-state index in [2.05, 4.69) is 15.5 Å². The highest BCUT2D eigenvalue weighted by atomic mass is 32.2. The summed E-state index contributed by atoms with van der Waals surface area (Å²) in [6.07, 6.45) is 0.860. The number of ether oxygens (including phenoxy) is 1. The van der Waals surface area contributed by atoms with E-state index in [-0.39, 0.29) is 5.91 Å². The lowest BCUT2D eigenvalue weighted by molar-refractivity contribution is -0.115. The first-order valence-electron chi connectivity index (χ1n) is 10.0. The van der Waals surface area contributed by atoms with E-state index in [1.807, 2.05) is 54.8 Å². The Labute approximate surface area is 190 Å². The van der Waals surface area contributed by atoms with Gasteiger partial charge < -0.3 is 10.1 Å². The maximum atomic E-state index is 13.0. The van der Waals surface area contributed by atoms with Crippen LogP contribution in [0.3, 0.4) is 0 Å². The Morgan fingerprint density at radius 1 is 1.16 bits per heavy atom. The molecule has 3 rings (SSSR count). The molecule has 9 heteroatoms. The number of aromatic nitrogens is 3. The Kier molecular flexibility index (Phi) is 7.50. The van der Waals surface area contributed by atoms with E-state index < -0.39 is 16.9 Å². The summed E-state index contributed by atoms with van der Waals surface area (Å²) in [6, 6.07) is 13.1. The van der Waals surface area contributed by atoms with Crippen LogP contribution < -0.4 is 5.32 Å². The third kappa shape index (κ3) is 6.18. The highest BCUT2D eigenvalue weighted by Crippen LogP contribution is 2.32. The third-order valence-corrected chi connectivity index (χ3v) is 6.16. The van der Waals surface area contributed by atoms with Crippen LogP contribution in [0.25, 0.3) is 10.7 Å². The second-order valence-electron chi connectivity index (χ2n) is 7.85. The van der Waals surface area contributed by atoms with Crippen molar-refractivity contribution in [2.75, 3.05) is 5.32 Å². The van der Waals surface area contributed by atoms with Crippen LogP contribution in [0, 0.1) is 0 Å². The van der Waals surface area contributed by atoms with E-state index in [4.69, 9.17) is 4.74 Å². The van der Waals surface area contributed by atoms with Crippen LogP contribution in [0.4, 0.5) is 10.5 Å². The smallest absolute Gasteiger partial charge is 0.422 e. The first kappa shape index (κ1) is 23.0. The van der Waals surface area contributed by atoms with Gasteiger partial charge in [-0.1, -0.05) is 49.4 Å². The molecule has 0 bridgehead atoms. The summed E-state index contributed by atoms with van der Waals surface area (Å²) >= 11 is 2.68. The molecule has 1 atom stereocenters. The van der Waals surface area contributed by atoms with E-state index in [1.54, 1.807) is 20.8 Å². The molecule has 2 heterocycles. The fourth-order valence-corrected chi connectivity index (χ4v) is 4.59. The van der Waals surface area contributed by atoms with Gasteiger partial charge in [0.2, 0.25) is 11.1 Å². The number of carbonyl (C=O) groups is 2. The predicted molar refractivity (Wildman–Crippen MR) is 125 cm³/mol. The molecule has 1 aromatic carbocycles. The second-order valence-corrected chi connectivity index (χ2v) is 9.97. The molecule has 1 amide bonds. The average Bonchev–Trinajstić information content (AvgIpc) is 3.36. The predicted octanol–water partition coefficient (Wildman–Crippen LogP) is 5.69. The summed E-state index contributed by atoms with van der Waals surface area (Å²) in [4.78, 5) is 26.8. The molecular weight excluding hydrogens is 432 g/mol. The monoisotopic (exact) mass is 458 g/mol. The Morgan fingerprint density at radius 3 is 2.52 bits per heavy atom. The molecule has 3 aromatic rings. The zero-order chi connectivity index (χ0) is 22.4. The largest absolute Gasteiger partial charge is 0.443 e. The van der Waals surface area contributed by atoms with E-state index in [9.17, 15) is 9.59 Å². The minimum absolute atomic E-state index is 0.144. The standard InChI is InChI=1S/C22H26N4O3S2/c1-5-10-17(19(27)23-15-11-7-6-8-12-15)31-20-25-24-18(16-13-9-14-30-16)26(20)21(28)29-22(2,3)4/h6-9,11-14,17H,5,10H2,1-4H3,(H,23,27). The zero-order valence-corrected chi connectivity index (χ0v) is 19.6.